The van der Waals surface area contributed by atoms with Crippen LogP contribution < -0.4 is 0 Å². The molecule has 0 spiro atoms. The minimum Gasteiger partial charge on any atom is -0.380 e. The molecule has 0 aromatic rings. The van der Waals surface area contributed by atoms with Crippen LogP contribution in [0, 0.1) is 0 Å². The Kier molecular flexibility index (Phi) is 3.86. The summed E-state index contributed by atoms with van der Waals surface area (Å²) in [6, 6.07) is 1.46. The summed E-state index contributed by atoms with van der Waals surface area (Å²) in [6.07, 6.45) is 7.15. The van der Waals surface area contributed by atoms with Crippen molar-refractivity contribution in [3.63, 3.8) is 0 Å². The number of methoxy groups -OCH3 is 1. The molecule has 2 nitrogen and oxygen atoms in total. The van der Waals surface area contributed by atoms with Gasteiger partial charge in [0.1, 0.15) is 0 Å². The Hall–Kier alpha value is 0.400. The van der Waals surface area contributed by atoms with Gasteiger partial charge in [0, 0.05) is 24.5 Å². The fourth-order valence-corrected chi connectivity index (χ4v) is 3.72. The van der Waals surface area contributed by atoms with Crippen LogP contribution in [0.3, 0.4) is 0 Å². The van der Waals surface area contributed by atoms with Crippen LogP contribution in [0.25, 0.3) is 0 Å². The van der Waals surface area contributed by atoms with Gasteiger partial charge < -0.3 is 4.74 Å². The second-order valence-corrected chi connectivity index (χ2v) is 5.11. The standard InChI is InChI=1S/C11H20BrNO/c1-14-11-6-2-5-10(11)13-7-3-4-9(13)8-12/h9-11H,2-8H2,1H3/t9-,10?,11?/m1/s1. The van der Waals surface area contributed by atoms with Crippen molar-refractivity contribution in [1.82, 2.24) is 4.90 Å². The molecule has 1 aliphatic heterocycles. The van der Waals surface area contributed by atoms with Gasteiger partial charge in [-0.3, -0.25) is 4.90 Å². The molecule has 0 aromatic heterocycles. The largest absolute Gasteiger partial charge is 0.380 e. The molecule has 2 aliphatic rings. The Morgan fingerprint density at radius 1 is 1.29 bits per heavy atom. The van der Waals surface area contributed by atoms with E-state index in [2.05, 4.69) is 20.8 Å². The van der Waals surface area contributed by atoms with Crippen molar-refractivity contribution in [1.29, 1.82) is 0 Å². The van der Waals surface area contributed by atoms with E-state index in [1.54, 1.807) is 0 Å². The number of likely N-dealkylation sites (tertiary alicyclic amines) is 1. The van der Waals surface area contributed by atoms with Crippen LogP contribution in [0.15, 0.2) is 0 Å². The minimum atomic E-state index is 0.495. The van der Waals surface area contributed by atoms with Crippen molar-refractivity contribution < 1.29 is 4.74 Å². The Balaban J connectivity index is 1.98. The molecule has 0 aromatic carbocycles. The van der Waals surface area contributed by atoms with Crippen LogP contribution in [-0.2, 0) is 4.74 Å². The Morgan fingerprint density at radius 3 is 2.86 bits per heavy atom. The van der Waals surface area contributed by atoms with Crippen LogP contribution in [-0.4, -0.2) is 42.1 Å². The average Bonchev–Trinajstić information content (AvgIpc) is 2.85. The van der Waals surface area contributed by atoms with E-state index in [-0.39, 0.29) is 0 Å². The second kappa shape index (κ2) is 4.95. The van der Waals surface area contributed by atoms with Crippen molar-refractivity contribution in [2.75, 3.05) is 19.0 Å². The maximum absolute atomic E-state index is 5.57. The Bertz CT molecular complexity index is 168. The molecule has 14 heavy (non-hydrogen) atoms. The number of halogens is 1. The Morgan fingerprint density at radius 2 is 2.14 bits per heavy atom. The first-order valence-electron chi connectivity index (χ1n) is 5.71. The zero-order valence-electron chi connectivity index (χ0n) is 8.92. The molecule has 2 fully saturated rings. The predicted molar refractivity (Wildman–Crippen MR) is 62.0 cm³/mol. The molecular formula is C11H20BrNO. The molecule has 1 aliphatic carbocycles. The van der Waals surface area contributed by atoms with Gasteiger partial charge in [0.2, 0.25) is 0 Å². The molecule has 0 N–H and O–H groups in total. The summed E-state index contributed by atoms with van der Waals surface area (Å²) in [5, 5.41) is 1.12. The van der Waals surface area contributed by atoms with E-state index in [1.165, 1.54) is 38.6 Å². The summed E-state index contributed by atoms with van der Waals surface area (Å²) in [5.41, 5.74) is 0. The first-order valence-corrected chi connectivity index (χ1v) is 6.83. The molecule has 2 unspecified atom stereocenters. The fourth-order valence-electron chi connectivity index (χ4n) is 3.02. The zero-order valence-corrected chi connectivity index (χ0v) is 10.5. The quantitative estimate of drug-likeness (QED) is 0.724. The van der Waals surface area contributed by atoms with Gasteiger partial charge in [-0.15, -0.1) is 0 Å². The van der Waals surface area contributed by atoms with Gasteiger partial charge in [-0.1, -0.05) is 15.9 Å². The molecule has 3 atom stereocenters. The van der Waals surface area contributed by atoms with Crippen molar-refractivity contribution in [3.8, 4) is 0 Å². The van der Waals surface area contributed by atoms with E-state index in [4.69, 9.17) is 4.74 Å². The van der Waals surface area contributed by atoms with Crippen LogP contribution in [0.1, 0.15) is 32.1 Å². The van der Waals surface area contributed by atoms with Crippen LogP contribution in [0.5, 0.6) is 0 Å². The van der Waals surface area contributed by atoms with Crippen molar-refractivity contribution >= 4 is 15.9 Å². The van der Waals surface area contributed by atoms with Crippen LogP contribution in [0.2, 0.25) is 0 Å². The summed E-state index contributed by atoms with van der Waals surface area (Å²) in [6.45, 7) is 1.28. The van der Waals surface area contributed by atoms with Gasteiger partial charge in [-0.2, -0.15) is 0 Å². The number of alkyl halides is 1. The summed E-state index contributed by atoms with van der Waals surface area (Å²) in [4.78, 5) is 2.68. The number of nitrogens with zero attached hydrogens (tertiary/aromatic N) is 1. The van der Waals surface area contributed by atoms with E-state index in [0.29, 0.717) is 12.1 Å². The third-order valence-electron chi connectivity index (χ3n) is 3.75. The maximum atomic E-state index is 5.57. The van der Waals surface area contributed by atoms with E-state index >= 15 is 0 Å². The normalized spacial score (nSPS) is 39.4. The van der Waals surface area contributed by atoms with Gasteiger partial charge in [0.25, 0.3) is 0 Å². The molecule has 0 radical (unpaired) electrons. The maximum Gasteiger partial charge on any atom is 0.0726 e. The minimum absolute atomic E-state index is 0.495. The summed E-state index contributed by atoms with van der Waals surface area (Å²) < 4.78 is 5.57. The number of hydrogen-bond donors (Lipinski definition) is 0. The van der Waals surface area contributed by atoms with Gasteiger partial charge in [-0.25, -0.2) is 0 Å². The van der Waals surface area contributed by atoms with E-state index in [9.17, 15) is 0 Å². The predicted octanol–water partition coefficient (Wildman–Crippen LogP) is 2.41. The average molecular weight is 262 g/mol. The van der Waals surface area contributed by atoms with Crippen molar-refractivity contribution in [2.45, 2.75) is 50.3 Å². The SMILES string of the molecule is COC1CCCC1N1CCC[C@@H]1CBr. The van der Waals surface area contributed by atoms with Crippen LogP contribution in [0.4, 0.5) is 0 Å². The number of ether oxygens (including phenoxy) is 1. The fraction of sp³-hybridized carbons (Fsp3) is 1.00. The number of hydrogen-bond acceptors (Lipinski definition) is 2. The van der Waals surface area contributed by atoms with Crippen LogP contribution >= 0.6 is 15.9 Å². The van der Waals surface area contributed by atoms with Crippen molar-refractivity contribution in [2.24, 2.45) is 0 Å². The molecule has 0 bridgehead atoms. The first-order chi connectivity index (χ1) is 6.86. The lowest BCUT2D eigenvalue weighted by atomic mass is 10.1. The monoisotopic (exact) mass is 261 g/mol. The first kappa shape index (κ1) is 10.9. The lowest BCUT2D eigenvalue weighted by Crippen LogP contribution is -2.44. The van der Waals surface area contributed by atoms with Gasteiger partial charge in [0.15, 0.2) is 0 Å². The third-order valence-corrected chi connectivity index (χ3v) is 4.49. The molecule has 1 saturated carbocycles. The van der Waals surface area contributed by atoms with Gasteiger partial charge in [0.05, 0.1) is 6.10 Å². The third kappa shape index (κ3) is 2.00. The van der Waals surface area contributed by atoms with E-state index in [1.807, 2.05) is 7.11 Å². The highest BCUT2D eigenvalue weighted by Crippen LogP contribution is 2.32. The van der Waals surface area contributed by atoms with Crippen molar-refractivity contribution in [3.05, 3.63) is 0 Å². The molecule has 82 valence electrons. The Labute approximate surface area is 95.1 Å². The van der Waals surface area contributed by atoms with E-state index < -0.39 is 0 Å². The molecule has 3 heteroatoms. The molecular weight excluding hydrogens is 242 g/mol. The van der Waals surface area contributed by atoms with Gasteiger partial charge in [-0.05, 0) is 38.6 Å². The van der Waals surface area contributed by atoms with Gasteiger partial charge >= 0.3 is 0 Å². The lowest BCUT2D eigenvalue weighted by molar-refractivity contribution is 0.0310. The molecule has 2 rings (SSSR count). The highest BCUT2D eigenvalue weighted by Gasteiger charge is 2.37. The lowest BCUT2D eigenvalue weighted by Gasteiger charge is -2.32. The zero-order chi connectivity index (χ0) is 9.97. The summed E-state index contributed by atoms with van der Waals surface area (Å²) in [7, 11) is 1.86. The molecule has 1 heterocycles. The number of rotatable bonds is 3. The molecule has 1 saturated heterocycles. The highest BCUT2D eigenvalue weighted by atomic mass is 79.9. The second-order valence-electron chi connectivity index (χ2n) is 4.46. The summed E-state index contributed by atoms with van der Waals surface area (Å²) in [5.74, 6) is 0. The summed E-state index contributed by atoms with van der Waals surface area (Å²) >= 11 is 3.62. The van der Waals surface area contributed by atoms with E-state index in [0.717, 1.165) is 11.4 Å². The molecule has 0 amide bonds. The highest BCUT2D eigenvalue weighted by molar-refractivity contribution is 9.09. The topological polar surface area (TPSA) is 12.5 Å². The smallest absolute Gasteiger partial charge is 0.0726 e.